The smallest absolute Gasteiger partial charge is 0.410 e. The maximum absolute atomic E-state index is 12.7. The Kier molecular flexibility index (Phi) is 4.69. The molecule has 134 valence electrons. The van der Waals surface area contributed by atoms with Crippen molar-refractivity contribution in [2.24, 2.45) is 0 Å². The van der Waals surface area contributed by atoms with Crippen LogP contribution < -0.4 is 0 Å². The van der Waals surface area contributed by atoms with Crippen LogP contribution in [0.4, 0.5) is 4.79 Å². The molecule has 26 heavy (non-hydrogen) atoms. The number of carbonyl (C=O) groups is 1. The number of aryl methyl sites for hydroxylation is 1. The fraction of sp³-hybridized carbons (Fsp3) is 0.381. The normalized spacial score (nSPS) is 21.9. The van der Waals surface area contributed by atoms with Crippen molar-refractivity contribution in [2.45, 2.75) is 51.3 Å². The second kappa shape index (κ2) is 7.28. The lowest BCUT2D eigenvalue weighted by atomic mass is 9.85. The van der Waals surface area contributed by atoms with Crippen LogP contribution >= 0.6 is 0 Å². The van der Waals surface area contributed by atoms with Crippen LogP contribution in [0.3, 0.4) is 0 Å². The minimum atomic E-state index is -0.219. The Labute approximate surface area is 153 Å². The Morgan fingerprint density at radius 1 is 1.23 bits per heavy atom. The first-order valence-electron chi connectivity index (χ1n) is 9.20. The molecule has 2 atom stereocenters. The van der Waals surface area contributed by atoms with E-state index in [1.165, 1.54) is 0 Å². The van der Waals surface area contributed by atoms with Gasteiger partial charge in [0.2, 0.25) is 0 Å². The van der Waals surface area contributed by atoms with Crippen LogP contribution in [-0.4, -0.2) is 33.0 Å². The molecule has 2 unspecified atom stereocenters. The third-order valence-electron chi connectivity index (χ3n) is 5.14. The van der Waals surface area contributed by atoms with Crippen molar-refractivity contribution in [3.8, 4) is 0 Å². The molecule has 1 aromatic heterocycles. The number of hydrogen-bond acceptors (Lipinski definition) is 4. The summed E-state index contributed by atoms with van der Waals surface area (Å²) in [6.45, 7) is 2.29. The Bertz CT molecular complexity index is 819. The predicted octanol–water partition coefficient (Wildman–Crippen LogP) is 4.13. The highest BCUT2D eigenvalue weighted by Gasteiger charge is 2.38. The first kappa shape index (κ1) is 16.8. The van der Waals surface area contributed by atoms with E-state index in [0.29, 0.717) is 6.61 Å². The number of carbonyl (C=O) groups excluding carboxylic acids is 1. The topological polar surface area (TPSA) is 55.3 Å². The summed E-state index contributed by atoms with van der Waals surface area (Å²) in [5.41, 5.74) is 3.12. The molecule has 0 saturated carbocycles. The summed E-state index contributed by atoms with van der Waals surface area (Å²) in [5.74, 6) is 0.791. The van der Waals surface area contributed by atoms with E-state index >= 15 is 0 Å². The van der Waals surface area contributed by atoms with Gasteiger partial charge >= 0.3 is 6.09 Å². The molecule has 5 heteroatoms. The van der Waals surface area contributed by atoms with Gasteiger partial charge in [-0.05, 0) is 49.8 Å². The minimum Gasteiger partial charge on any atom is -0.445 e. The van der Waals surface area contributed by atoms with Crippen LogP contribution in [0.15, 0.2) is 48.7 Å². The van der Waals surface area contributed by atoms with Crippen LogP contribution in [-0.2, 0) is 11.3 Å². The molecular formula is C21H23N3O2. The maximum Gasteiger partial charge on any atom is 0.410 e. The molecule has 4 rings (SSSR count). The van der Waals surface area contributed by atoms with Gasteiger partial charge in [0, 0.05) is 17.9 Å². The molecular weight excluding hydrogens is 326 g/mol. The SMILES string of the molecule is Cc1ccnc(C2=CC3CCCC(C2)N3C(=O)OCc2ccccc2)n1. The quantitative estimate of drug-likeness (QED) is 0.836. The third kappa shape index (κ3) is 3.47. The molecule has 2 aromatic rings. The van der Waals surface area contributed by atoms with Gasteiger partial charge in [-0.1, -0.05) is 36.4 Å². The van der Waals surface area contributed by atoms with Crippen molar-refractivity contribution < 1.29 is 9.53 Å². The Balaban J connectivity index is 1.50. The number of benzene rings is 1. The standard InChI is InChI=1S/C21H23N3O2/c1-15-10-11-22-20(23-15)17-12-18-8-5-9-19(13-17)24(18)21(25)26-14-16-6-3-2-4-7-16/h2-4,6-7,10-12,18-19H,5,8-9,13-14H2,1H3. The fourth-order valence-electron chi connectivity index (χ4n) is 3.88. The largest absolute Gasteiger partial charge is 0.445 e. The van der Waals surface area contributed by atoms with Gasteiger partial charge in [0.15, 0.2) is 5.82 Å². The molecule has 3 heterocycles. The van der Waals surface area contributed by atoms with E-state index in [-0.39, 0.29) is 18.2 Å². The van der Waals surface area contributed by atoms with Crippen molar-refractivity contribution >= 4 is 11.7 Å². The molecule has 5 nitrogen and oxygen atoms in total. The van der Waals surface area contributed by atoms with E-state index in [0.717, 1.165) is 48.3 Å². The van der Waals surface area contributed by atoms with Crippen molar-refractivity contribution in [1.29, 1.82) is 0 Å². The third-order valence-corrected chi connectivity index (χ3v) is 5.14. The molecule has 1 aromatic carbocycles. The zero-order valence-corrected chi connectivity index (χ0v) is 15.0. The van der Waals surface area contributed by atoms with Gasteiger partial charge in [-0.2, -0.15) is 0 Å². The summed E-state index contributed by atoms with van der Waals surface area (Å²) in [7, 11) is 0. The number of ether oxygens (including phenoxy) is 1. The minimum absolute atomic E-state index is 0.0740. The first-order valence-corrected chi connectivity index (χ1v) is 9.20. The van der Waals surface area contributed by atoms with Gasteiger partial charge in [0.05, 0.1) is 6.04 Å². The van der Waals surface area contributed by atoms with E-state index in [2.05, 4.69) is 16.0 Å². The summed E-state index contributed by atoms with van der Waals surface area (Å²) >= 11 is 0. The number of fused-ring (bicyclic) bond motifs is 2. The van der Waals surface area contributed by atoms with Crippen LogP contribution in [0, 0.1) is 6.92 Å². The second-order valence-corrected chi connectivity index (χ2v) is 7.02. The number of nitrogens with zero attached hydrogens (tertiary/aromatic N) is 3. The van der Waals surface area contributed by atoms with Crippen LogP contribution in [0.25, 0.3) is 5.57 Å². The van der Waals surface area contributed by atoms with Gasteiger partial charge in [-0.3, -0.25) is 4.90 Å². The summed E-state index contributed by atoms with van der Waals surface area (Å²) < 4.78 is 5.59. The highest BCUT2D eigenvalue weighted by atomic mass is 16.6. The number of piperidine rings is 1. The molecule has 0 radical (unpaired) electrons. The summed E-state index contributed by atoms with van der Waals surface area (Å²) in [6.07, 6.45) is 7.63. The Hall–Kier alpha value is -2.69. The average Bonchev–Trinajstić information content (AvgIpc) is 2.66. The lowest BCUT2D eigenvalue weighted by molar-refractivity contribution is 0.0509. The molecule has 0 spiro atoms. The average molecular weight is 349 g/mol. The molecule has 0 aliphatic carbocycles. The molecule has 1 amide bonds. The zero-order chi connectivity index (χ0) is 17.9. The van der Waals surface area contributed by atoms with Crippen molar-refractivity contribution in [1.82, 2.24) is 14.9 Å². The zero-order valence-electron chi connectivity index (χ0n) is 15.0. The van der Waals surface area contributed by atoms with E-state index in [4.69, 9.17) is 4.74 Å². The van der Waals surface area contributed by atoms with Crippen LogP contribution in [0.2, 0.25) is 0 Å². The maximum atomic E-state index is 12.7. The molecule has 1 saturated heterocycles. The van der Waals surface area contributed by atoms with Gasteiger partial charge in [0.1, 0.15) is 6.61 Å². The Morgan fingerprint density at radius 3 is 2.85 bits per heavy atom. The van der Waals surface area contributed by atoms with E-state index in [1.807, 2.05) is 48.2 Å². The van der Waals surface area contributed by atoms with Crippen LogP contribution in [0.5, 0.6) is 0 Å². The van der Waals surface area contributed by atoms with Crippen LogP contribution in [0.1, 0.15) is 42.8 Å². The summed E-state index contributed by atoms with van der Waals surface area (Å²) in [5, 5.41) is 0. The van der Waals surface area contributed by atoms with Crippen molar-refractivity contribution in [2.75, 3.05) is 0 Å². The lowest BCUT2D eigenvalue weighted by Crippen LogP contribution is -2.51. The van der Waals surface area contributed by atoms with Gasteiger partial charge in [-0.15, -0.1) is 0 Å². The number of hydrogen-bond donors (Lipinski definition) is 0. The van der Waals surface area contributed by atoms with E-state index < -0.39 is 0 Å². The summed E-state index contributed by atoms with van der Waals surface area (Å²) in [6, 6.07) is 12.0. The second-order valence-electron chi connectivity index (χ2n) is 7.02. The fourth-order valence-corrected chi connectivity index (χ4v) is 3.88. The highest BCUT2D eigenvalue weighted by molar-refractivity contribution is 5.73. The van der Waals surface area contributed by atoms with Gasteiger partial charge in [0.25, 0.3) is 0 Å². The first-order chi connectivity index (χ1) is 12.7. The number of rotatable bonds is 3. The monoisotopic (exact) mass is 349 g/mol. The molecule has 2 aliphatic rings. The Morgan fingerprint density at radius 2 is 2.08 bits per heavy atom. The lowest BCUT2D eigenvalue weighted by Gasteiger charge is -2.43. The summed E-state index contributed by atoms with van der Waals surface area (Å²) in [4.78, 5) is 23.6. The van der Waals surface area contributed by atoms with Crippen molar-refractivity contribution in [3.05, 3.63) is 65.8 Å². The van der Waals surface area contributed by atoms with Gasteiger partial charge < -0.3 is 4.74 Å². The van der Waals surface area contributed by atoms with E-state index in [1.54, 1.807) is 6.20 Å². The van der Waals surface area contributed by atoms with Gasteiger partial charge in [-0.25, -0.2) is 14.8 Å². The highest BCUT2D eigenvalue weighted by Crippen LogP contribution is 2.36. The number of amides is 1. The van der Waals surface area contributed by atoms with E-state index in [9.17, 15) is 4.79 Å². The molecule has 2 bridgehead atoms. The molecule has 1 fully saturated rings. The predicted molar refractivity (Wildman–Crippen MR) is 99.3 cm³/mol. The number of aromatic nitrogens is 2. The molecule has 0 N–H and O–H groups in total. The van der Waals surface area contributed by atoms with Crippen molar-refractivity contribution in [3.63, 3.8) is 0 Å². The molecule has 2 aliphatic heterocycles.